The Morgan fingerprint density at radius 2 is 1.87 bits per heavy atom. The van der Waals surface area contributed by atoms with E-state index in [1.807, 2.05) is 0 Å². The van der Waals surface area contributed by atoms with Crippen LogP contribution in [0.25, 0.3) is 0 Å². The lowest BCUT2D eigenvalue weighted by Gasteiger charge is -2.62. The van der Waals surface area contributed by atoms with Crippen LogP contribution < -0.4 is 0 Å². The summed E-state index contributed by atoms with van der Waals surface area (Å²) in [4.78, 5) is 24.6. The summed E-state index contributed by atoms with van der Waals surface area (Å²) in [6.45, 7) is 5.60. The minimum atomic E-state index is -2.02. The molecular weight excluding hydrogens is 412 g/mol. The van der Waals surface area contributed by atoms with Gasteiger partial charge in [0.15, 0.2) is 5.60 Å². The number of ether oxygens (including phenoxy) is 1. The van der Waals surface area contributed by atoms with E-state index in [1.165, 1.54) is 6.92 Å². The van der Waals surface area contributed by atoms with Gasteiger partial charge in [-0.05, 0) is 42.6 Å². The fourth-order valence-electron chi connectivity index (χ4n) is 5.73. The molecule has 4 rings (SSSR count). The number of hydrogen-bond acceptors (Lipinski definition) is 7. The first-order chi connectivity index (χ1) is 13.9. The SMILES string of the molecule is Cc1c(Cl)c(O)cc(O)c1C(=O)OC1CC2(O)C3CC(C)(C)CC3C=C(C=O)C12O. The number of fused-ring (bicyclic) bond motifs is 3. The van der Waals surface area contributed by atoms with Gasteiger partial charge < -0.3 is 25.2 Å². The van der Waals surface area contributed by atoms with Crippen molar-refractivity contribution in [3.8, 4) is 11.5 Å². The second-order valence-corrected chi connectivity index (χ2v) is 9.98. The van der Waals surface area contributed by atoms with Gasteiger partial charge in [0.25, 0.3) is 0 Å². The fraction of sp³-hybridized carbons (Fsp3) is 0.545. The molecule has 7 nitrogen and oxygen atoms in total. The number of rotatable bonds is 3. The maximum absolute atomic E-state index is 12.8. The summed E-state index contributed by atoms with van der Waals surface area (Å²) >= 11 is 5.96. The Morgan fingerprint density at radius 3 is 2.50 bits per heavy atom. The summed E-state index contributed by atoms with van der Waals surface area (Å²) in [5.74, 6) is -2.16. The molecule has 0 aromatic heterocycles. The molecule has 0 spiro atoms. The van der Waals surface area contributed by atoms with E-state index in [-0.39, 0.29) is 51.1 Å². The lowest BCUT2D eigenvalue weighted by atomic mass is 9.50. The van der Waals surface area contributed by atoms with Gasteiger partial charge in [0.2, 0.25) is 0 Å². The standard InChI is InChI=1S/C22H25ClO7/c1-10-17(14(25)5-15(26)18(10)23)19(27)30-16-8-21(28)13-7-20(2,3)6-11(13)4-12(9-24)22(16,21)29/h4-5,9,11,13,16,25-26,28-29H,6-8H2,1-3H3. The number of aliphatic hydroxyl groups is 2. The van der Waals surface area contributed by atoms with Crippen molar-refractivity contribution in [3.05, 3.63) is 33.9 Å². The topological polar surface area (TPSA) is 124 Å². The van der Waals surface area contributed by atoms with Gasteiger partial charge in [-0.2, -0.15) is 0 Å². The summed E-state index contributed by atoms with van der Waals surface area (Å²) in [6, 6.07) is 0.931. The van der Waals surface area contributed by atoms with Crippen molar-refractivity contribution < 1.29 is 34.8 Å². The average molecular weight is 437 g/mol. The highest BCUT2D eigenvalue weighted by Crippen LogP contribution is 2.64. The molecule has 30 heavy (non-hydrogen) atoms. The quantitative estimate of drug-likeness (QED) is 0.424. The van der Waals surface area contributed by atoms with Crippen LogP contribution in [-0.2, 0) is 9.53 Å². The van der Waals surface area contributed by atoms with Gasteiger partial charge in [0, 0.05) is 18.1 Å². The Balaban J connectivity index is 1.66. The molecule has 162 valence electrons. The molecule has 0 amide bonds. The Labute approximate surface area is 178 Å². The molecule has 2 fully saturated rings. The first kappa shape index (κ1) is 21.2. The molecule has 0 aliphatic heterocycles. The van der Waals surface area contributed by atoms with Crippen molar-refractivity contribution in [2.75, 3.05) is 0 Å². The van der Waals surface area contributed by atoms with Crippen LogP contribution in [0.3, 0.4) is 0 Å². The van der Waals surface area contributed by atoms with E-state index in [0.29, 0.717) is 12.7 Å². The zero-order valence-corrected chi connectivity index (χ0v) is 17.7. The molecule has 0 saturated heterocycles. The van der Waals surface area contributed by atoms with E-state index in [2.05, 4.69) is 13.8 Å². The third kappa shape index (κ3) is 2.65. The maximum Gasteiger partial charge on any atom is 0.342 e. The van der Waals surface area contributed by atoms with Crippen molar-refractivity contribution >= 4 is 23.9 Å². The molecule has 3 aliphatic rings. The number of benzene rings is 1. The average Bonchev–Trinajstić information content (AvgIpc) is 2.97. The van der Waals surface area contributed by atoms with Crippen molar-refractivity contribution in [2.45, 2.75) is 57.3 Å². The minimum absolute atomic E-state index is 0.0117. The normalized spacial score (nSPS) is 36.2. The zero-order chi connectivity index (χ0) is 22.2. The van der Waals surface area contributed by atoms with Crippen LogP contribution in [0.4, 0.5) is 0 Å². The van der Waals surface area contributed by atoms with E-state index in [1.54, 1.807) is 6.08 Å². The fourth-order valence-corrected chi connectivity index (χ4v) is 5.88. The molecule has 5 unspecified atom stereocenters. The van der Waals surface area contributed by atoms with E-state index < -0.39 is 29.0 Å². The Hall–Kier alpha value is -2.09. The van der Waals surface area contributed by atoms with Crippen molar-refractivity contribution in [1.82, 2.24) is 0 Å². The number of esters is 1. The third-order valence-corrected chi connectivity index (χ3v) is 7.66. The van der Waals surface area contributed by atoms with Crippen LogP contribution in [0.1, 0.15) is 49.0 Å². The number of aromatic hydroxyl groups is 2. The molecule has 0 radical (unpaired) electrons. The number of hydrogen-bond donors (Lipinski definition) is 4. The molecule has 1 aromatic carbocycles. The van der Waals surface area contributed by atoms with Crippen LogP contribution in [0.5, 0.6) is 11.5 Å². The minimum Gasteiger partial charge on any atom is -0.507 e. The second kappa shape index (κ2) is 6.45. The molecular formula is C22H25ClO7. The number of carbonyl (C=O) groups excluding carboxylic acids is 2. The van der Waals surface area contributed by atoms with Crippen LogP contribution in [-0.4, -0.2) is 50.0 Å². The third-order valence-electron chi connectivity index (χ3n) is 7.19. The predicted octanol–water partition coefficient (Wildman–Crippen LogP) is 2.64. The van der Waals surface area contributed by atoms with Gasteiger partial charge in [0.1, 0.15) is 35.1 Å². The Kier molecular flexibility index (Phi) is 4.55. The summed E-state index contributed by atoms with van der Waals surface area (Å²) in [7, 11) is 0. The smallest absolute Gasteiger partial charge is 0.342 e. The van der Waals surface area contributed by atoms with Gasteiger partial charge in [-0.15, -0.1) is 0 Å². The number of allylic oxidation sites excluding steroid dienone is 1. The predicted molar refractivity (Wildman–Crippen MR) is 107 cm³/mol. The van der Waals surface area contributed by atoms with Crippen LogP contribution in [0, 0.1) is 24.2 Å². The maximum atomic E-state index is 12.8. The first-order valence-electron chi connectivity index (χ1n) is 9.90. The molecule has 0 heterocycles. The highest BCUT2D eigenvalue weighted by Gasteiger charge is 2.74. The van der Waals surface area contributed by atoms with Crippen molar-refractivity contribution in [3.63, 3.8) is 0 Å². The largest absolute Gasteiger partial charge is 0.507 e. The number of carbonyl (C=O) groups is 2. The van der Waals surface area contributed by atoms with Gasteiger partial charge >= 0.3 is 5.97 Å². The molecule has 4 N–H and O–H groups in total. The number of phenolic OH excluding ortho intramolecular Hbond substituents is 2. The summed E-state index contributed by atoms with van der Waals surface area (Å²) < 4.78 is 5.45. The van der Waals surface area contributed by atoms with Gasteiger partial charge in [-0.1, -0.05) is 31.5 Å². The molecule has 3 aliphatic carbocycles. The van der Waals surface area contributed by atoms with Crippen molar-refractivity contribution in [1.29, 1.82) is 0 Å². The molecule has 0 bridgehead atoms. The number of phenols is 2. The highest BCUT2D eigenvalue weighted by molar-refractivity contribution is 6.33. The Bertz CT molecular complexity index is 984. The van der Waals surface area contributed by atoms with Crippen LogP contribution in [0.15, 0.2) is 17.7 Å². The monoisotopic (exact) mass is 436 g/mol. The van der Waals surface area contributed by atoms with Gasteiger partial charge in [-0.25, -0.2) is 4.79 Å². The second-order valence-electron chi connectivity index (χ2n) is 9.60. The summed E-state index contributed by atoms with van der Waals surface area (Å²) in [5.41, 5.74) is -3.76. The highest BCUT2D eigenvalue weighted by atomic mass is 35.5. The summed E-state index contributed by atoms with van der Waals surface area (Å²) in [5, 5.41) is 42.5. The van der Waals surface area contributed by atoms with Crippen LogP contribution in [0.2, 0.25) is 5.02 Å². The van der Waals surface area contributed by atoms with E-state index in [9.17, 15) is 30.0 Å². The molecule has 5 atom stereocenters. The van der Waals surface area contributed by atoms with E-state index in [4.69, 9.17) is 16.3 Å². The lowest BCUT2D eigenvalue weighted by Crippen LogP contribution is -2.78. The molecule has 1 aromatic rings. The molecule has 8 heteroatoms. The summed E-state index contributed by atoms with van der Waals surface area (Å²) in [6.07, 6.45) is 2.48. The van der Waals surface area contributed by atoms with Gasteiger partial charge in [-0.3, -0.25) is 4.79 Å². The van der Waals surface area contributed by atoms with Gasteiger partial charge in [0.05, 0.1) is 5.02 Å². The number of aldehydes is 1. The Morgan fingerprint density at radius 1 is 1.20 bits per heavy atom. The molecule has 2 saturated carbocycles. The van der Waals surface area contributed by atoms with Crippen LogP contribution >= 0.6 is 11.6 Å². The number of halogens is 1. The zero-order valence-electron chi connectivity index (χ0n) is 17.0. The van der Waals surface area contributed by atoms with E-state index >= 15 is 0 Å². The van der Waals surface area contributed by atoms with Crippen molar-refractivity contribution in [2.24, 2.45) is 17.3 Å². The first-order valence-corrected chi connectivity index (χ1v) is 10.3. The lowest BCUT2D eigenvalue weighted by molar-refractivity contribution is -0.291. The van der Waals surface area contributed by atoms with E-state index in [0.717, 1.165) is 12.5 Å².